The predicted molar refractivity (Wildman–Crippen MR) is 58.5 cm³/mol. The van der Waals surface area contributed by atoms with Crippen LogP contribution in [0.1, 0.15) is 12.8 Å². The first-order chi connectivity index (χ1) is 8.00. The van der Waals surface area contributed by atoms with E-state index in [9.17, 15) is 0 Å². The molecule has 1 rings (SSSR count). The molecule has 5 nitrogen and oxygen atoms in total. The molecule has 0 bridgehead atoms. The minimum atomic E-state index is 0.364. The third-order valence-electron chi connectivity index (χ3n) is 2.07. The fraction of sp³-hybridized carbons (Fsp3) is 1.00. The fourth-order valence-corrected chi connectivity index (χ4v) is 1.24. The number of hydrogen-bond acceptors (Lipinski definition) is 5. The first kappa shape index (κ1) is 13.9. The van der Waals surface area contributed by atoms with E-state index in [0.29, 0.717) is 59.6 Å². The van der Waals surface area contributed by atoms with Crippen LogP contribution in [0, 0.1) is 0 Å². The highest BCUT2D eigenvalue weighted by Gasteiger charge is 1.95. The van der Waals surface area contributed by atoms with Gasteiger partial charge in [-0.3, -0.25) is 0 Å². The summed E-state index contributed by atoms with van der Waals surface area (Å²) in [6.45, 7) is 5.67. The summed E-state index contributed by atoms with van der Waals surface area (Å²) in [5.74, 6) is 0. The molecule has 16 heavy (non-hydrogen) atoms. The average molecular weight is 234 g/mol. The molecule has 0 amide bonds. The highest BCUT2D eigenvalue weighted by atomic mass is 16.7. The van der Waals surface area contributed by atoms with Gasteiger partial charge < -0.3 is 23.7 Å². The number of rotatable bonds is 0. The molecule has 0 aliphatic carbocycles. The molecule has 96 valence electrons. The van der Waals surface area contributed by atoms with Crippen molar-refractivity contribution in [2.24, 2.45) is 0 Å². The zero-order valence-corrected chi connectivity index (χ0v) is 9.82. The molecule has 0 aromatic carbocycles. The highest BCUT2D eigenvalue weighted by molar-refractivity contribution is 4.38. The zero-order valence-electron chi connectivity index (χ0n) is 9.82. The Hall–Kier alpha value is -0.200. The van der Waals surface area contributed by atoms with Crippen molar-refractivity contribution >= 4 is 0 Å². The Bertz CT molecular complexity index is 78.3. The lowest BCUT2D eigenvalue weighted by molar-refractivity contribution is -0.0672. The van der Waals surface area contributed by atoms with Gasteiger partial charge in [0, 0.05) is 13.2 Å². The molecule has 0 N–H and O–H groups in total. The van der Waals surface area contributed by atoms with E-state index in [2.05, 4.69) is 0 Å². The summed E-state index contributed by atoms with van der Waals surface area (Å²) >= 11 is 0. The zero-order chi connectivity index (χ0) is 11.3. The predicted octanol–water partition coefficient (Wildman–Crippen LogP) is 0.821. The minimum Gasteiger partial charge on any atom is -0.379 e. The summed E-state index contributed by atoms with van der Waals surface area (Å²) in [5, 5.41) is 0. The highest BCUT2D eigenvalue weighted by Crippen LogP contribution is 1.90. The molecule has 0 aromatic rings. The van der Waals surface area contributed by atoms with Gasteiger partial charge in [0.05, 0.1) is 39.6 Å². The second-order valence-electron chi connectivity index (χ2n) is 3.48. The standard InChI is InChI=1S/C11H22O5/c1-3-12-7-9-14-10-8-13-4-2-6-16-11-15-5-1/h1-11H2. The van der Waals surface area contributed by atoms with Gasteiger partial charge in [-0.2, -0.15) is 0 Å². The summed E-state index contributed by atoms with van der Waals surface area (Å²) < 4.78 is 26.5. The molecule has 1 fully saturated rings. The van der Waals surface area contributed by atoms with Crippen LogP contribution in [0.25, 0.3) is 0 Å². The van der Waals surface area contributed by atoms with Gasteiger partial charge >= 0.3 is 0 Å². The molecule has 0 radical (unpaired) electrons. The van der Waals surface area contributed by atoms with Crippen LogP contribution in [-0.2, 0) is 23.7 Å². The van der Waals surface area contributed by atoms with Crippen molar-refractivity contribution in [1.29, 1.82) is 0 Å². The first-order valence-corrected chi connectivity index (χ1v) is 5.89. The SMILES string of the molecule is C1COCCOCCOCCCOCOC1. The van der Waals surface area contributed by atoms with Crippen LogP contribution >= 0.6 is 0 Å². The number of hydrogen-bond donors (Lipinski definition) is 0. The van der Waals surface area contributed by atoms with Gasteiger partial charge in [0.1, 0.15) is 6.79 Å². The van der Waals surface area contributed by atoms with E-state index in [1.807, 2.05) is 0 Å². The molecule has 1 aliphatic rings. The van der Waals surface area contributed by atoms with Crippen LogP contribution in [-0.4, -0.2) is 59.6 Å². The Morgan fingerprint density at radius 2 is 0.750 bits per heavy atom. The van der Waals surface area contributed by atoms with Crippen molar-refractivity contribution in [3.63, 3.8) is 0 Å². The van der Waals surface area contributed by atoms with Gasteiger partial charge in [-0.25, -0.2) is 0 Å². The summed E-state index contributed by atoms with van der Waals surface area (Å²) in [5.41, 5.74) is 0. The van der Waals surface area contributed by atoms with E-state index in [0.717, 1.165) is 12.8 Å². The molecule has 0 aromatic heterocycles. The molecule has 1 saturated heterocycles. The van der Waals surface area contributed by atoms with Crippen LogP contribution in [0.2, 0.25) is 0 Å². The van der Waals surface area contributed by atoms with Crippen molar-refractivity contribution in [1.82, 2.24) is 0 Å². The summed E-state index contributed by atoms with van der Waals surface area (Å²) in [7, 11) is 0. The lowest BCUT2D eigenvalue weighted by Gasteiger charge is -2.09. The van der Waals surface area contributed by atoms with Gasteiger partial charge in [-0.05, 0) is 12.8 Å². The molecule has 1 aliphatic heterocycles. The van der Waals surface area contributed by atoms with Crippen molar-refractivity contribution in [3.05, 3.63) is 0 Å². The van der Waals surface area contributed by atoms with Gasteiger partial charge in [-0.15, -0.1) is 0 Å². The molecule has 0 atom stereocenters. The van der Waals surface area contributed by atoms with Crippen molar-refractivity contribution < 1.29 is 23.7 Å². The molecule has 0 saturated carbocycles. The van der Waals surface area contributed by atoms with E-state index in [4.69, 9.17) is 23.7 Å². The lowest BCUT2D eigenvalue weighted by atomic mass is 10.5. The van der Waals surface area contributed by atoms with E-state index < -0.39 is 0 Å². The second kappa shape index (κ2) is 11.3. The summed E-state index contributed by atoms with van der Waals surface area (Å²) in [4.78, 5) is 0. The van der Waals surface area contributed by atoms with Crippen LogP contribution in [0.5, 0.6) is 0 Å². The maximum Gasteiger partial charge on any atom is 0.146 e. The topological polar surface area (TPSA) is 46.2 Å². The first-order valence-electron chi connectivity index (χ1n) is 5.89. The average Bonchev–Trinajstić information content (AvgIpc) is 2.29. The maximum atomic E-state index is 5.35. The minimum absolute atomic E-state index is 0.364. The largest absolute Gasteiger partial charge is 0.379 e. The Morgan fingerprint density at radius 3 is 1.25 bits per heavy atom. The molecule has 5 heteroatoms. The van der Waals surface area contributed by atoms with E-state index in [1.165, 1.54) is 0 Å². The van der Waals surface area contributed by atoms with Crippen LogP contribution in [0.4, 0.5) is 0 Å². The van der Waals surface area contributed by atoms with Gasteiger partial charge in [0.25, 0.3) is 0 Å². The van der Waals surface area contributed by atoms with Crippen LogP contribution in [0.15, 0.2) is 0 Å². The third-order valence-corrected chi connectivity index (χ3v) is 2.07. The number of ether oxygens (including phenoxy) is 5. The van der Waals surface area contributed by atoms with Crippen LogP contribution < -0.4 is 0 Å². The molecule has 1 heterocycles. The molecule has 0 spiro atoms. The monoisotopic (exact) mass is 234 g/mol. The molecular weight excluding hydrogens is 212 g/mol. The van der Waals surface area contributed by atoms with Crippen molar-refractivity contribution in [2.75, 3.05) is 59.6 Å². The Labute approximate surface area is 97.0 Å². The van der Waals surface area contributed by atoms with Gasteiger partial charge in [-0.1, -0.05) is 0 Å². The van der Waals surface area contributed by atoms with E-state index in [1.54, 1.807) is 0 Å². The normalized spacial score (nSPS) is 24.0. The Morgan fingerprint density at radius 1 is 0.375 bits per heavy atom. The summed E-state index contributed by atoms with van der Waals surface area (Å²) in [6, 6.07) is 0. The van der Waals surface area contributed by atoms with E-state index in [-0.39, 0.29) is 0 Å². The second-order valence-corrected chi connectivity index (χ2v) is 3.48. The quantitative estimate of drug-likeness (QED) is 0.621. The van der Waals surface area contributed by atoms with Crippen molar-refractivity contribution in [3.8, 4) is 0 Å². The van der Waals surface area contributed by atoms with E-state index >= 15 is 0 Å². The Kier molecular flexibility index (Phi) is 9.78. The maximum absolute atomic E-state index is 5.35. The Balaban J connectivity index is 2.00. The lowest BCUT2D eigenvalue weighted by Crippen LogP contribution is -2.13. The van der Waals surface area contributed by atoms with Crippen molar-refractivity contribution in [2.45, 2.75) is 12.8 Å². The van der Waals surface area contributed by atoms with Gasteiger partial charge in [0.2, 0.25) is 0 Å². The summed E-state index contributed by atoms with van der Waals surface area (Å²) in [6.07, 6.45) is 1.79. The molecular formula is C11H22O5. The fourth-order valence-electron chi connectivity index (χ4n) is 1.24. The van der Waals surface area contributed by atoms with Crippen LogP contribution in [0.3, 0.4) is 0 Å². The van der Waals surface area contributed by atoms with Gasteiger partial charge in [0.15, 0.2) is 0 Å². The third kappa shape index (κ3) is 9.06. The molecule has 0 unspecified atom stereocenters. The smallest absolute Gasteiger partial charge is 0.146 e.